The second kappa shape index (κ2) is 26.0. The van der Waals surface area contributed by atoms with E-state index in [-0.39, 0.29) is 28.5 Å². The Balaban J connectivity index is 0.969. The Kier molecular flexibility index (Phi) is 14.4. The summed E-state index contributed by atoms with van der Waals surface area (Å²) in [6, 6.07) is 120. The largest absolute Gasteiger partial charge is 0.310 e. The van der Waals surface area contributed by atoms with E-state index in [0.29, 0.717) is 5.56 Å². The van der Waals surface area contributed by atoms with Gasteiger partial charge in [0.25, 0.3) is 0 Å². The number of aromatic nitrogens is 1. The van der Waals surface area contributed by atoms with Crippen molar-refractivity contribution < 1.29 is 6.85 Å². The Hall–Kier alpha value is -12.9. The number of nitrogens with zero attached hydrogens (tertiary/aromatic N) is 3. The van der Waals surface area contributed by atoms with E-state index in [9.17, 15) is 5.48 Å². The molecule has 0 radical (unpaired) electrons. The lowest BCUT2D eigenvalue weighted by atomic mass is 9.73. The molecule has 0 saturated carbocycles. The van der Waals surface area contributed by atoms with Crippen LogP contribution in [0.1, 0.15) is 82.1 Å². The summed E-state index contributed by atoms with van der Waals surface area (Å²) in [4.78, 5) is 4.89. The van der Waals surface area contributed by atoms with Crippen LogP contribution in [-0.4, -0.2) is 4.57 Å². The van der Waals surface area contributed by atoms with Crippen molar-refractivity contribution in [3.63, 3.8) is 0 Å². The van der Waals surface area contributed by atoms with Gasteiger partial charge < -0.3 is 14.4 Å². The molecule has 2 aliphatic heterocycles. The van der Waals surface area contributed by atoms with Gasteiger partial charge in [-0.3, -0.25) is 0 Å². The predicted octanol–water partition coefficient (Wildman–Crippen LogP) is 29.8. The second-order valence-electron chi connectivity index (χ2n) is 31.2. The Labute approximate surface area is 649 Å². The van der Waals surface area contributed by atoms with Crippen molar-refractivity contribution in [3.8, 4) is 94.7 Å². The van der Waals surface area contributed by atoms with E-state index in [1.165, 1.54) is 42.1 Å². The number of benzene rings is 16. The van der Waals surface area contributed by atoms with Gasteiger partial charge in [-0.15, -0.1) is 11.3 Å². The molecule has 0 saturated heterocycles. The van der Waals surface area contributed by atoms with Crippen LogP contribution in [0.4, 0.5) is 34.1 Å². The van der Waals surface area contributed by atoms with Gasteiger partial charge in [0.2, 0.25) is 0 Å². The van der Waals surface area contributed by atoms with Gasteiger partial charge >= 0.3 is 0 Å². The summed E-state index contributed by atoms with van der Waals surface area (Å²) >= 11 is 1.85. The lowest BCUT2D eigenvalue weighted by Crippen LogP contribution is -2.30. The number of rotatable bonds is 11. The van der Waals surface area contributed by atoms with Gasteiger partial charge in [-0.1, -0.05) is 333 Å². The van der Waals surface area contributed by atoms with E-state index in [4.69, 9.17) is 1.37 Å². The summed E-state index contributed by atoms with van der Waals surface area (Å²) in [5, 5.41) is 4.82. The number of thiophene rings is 1. The number of hydrogen-bond acceptors (Lipinski definition) is 3. The standard InChI is InChI=1S/C105H79N3S/c1-104(2,3)78-52-55-83-84-56-53-79(105(4,5)6)66-95(84)107(94(83)65-78)92-48-29-45-86(88-47-28-46-87-85-42-25-26-49-98(85)109-103(87)88)99(92)74-51-57-91-90(61-74)100-89-54-50-73(67-30-13-7-14-31-67)62-93(89)108(102-81(71-38-21-11-22-39-71)43-27-44-82(102)72-40-23-12-24-41-72)97-64-77(70-36-19-10-20-37-70)63-96(101(97)100)106(91)80-59-75(68-32-15-8-16-33-68)58-76(60-80)69-34-17-9-18-35-69/h7-66,100H,1-6H3/i10D,19D,20D,36D,37D. The number of anilines is 6. The molecule has 18 aromatic rings. The van der Waals surface area contributed by atoms with E-state index in [0.717, 1.165) is 145 Å². The molecule has 2 aliphatic rings. The van der Waals surface area contributed by atoms with Gasteiger partial charge in [0.1, 0.15) is 0 Å². The first-order valence-electron chi connectivity index (χ1n) is 40.2. The van der Waals surface area contributed by atoms with E-state index in [2.05, 4.69) is 390 Å². The third-order valence-corrected chi connectivity index (χ3v) is 23.8. The van der Waals surface area contributed by atoms with Crippen LogP contribution in [0.2, 0.25) is 0 Å². The van der Waals surface area contributed by atoms with Crippen molar-refractivity contribution in [1.82, 2.24) is 4.57 Å². The first-order chi connectivity index (χ1) is 55.4. The quantitative estimate of drug-likeness (QED) is 0.128. The van der Waals surface area contributed by atoms with Crippen LogP contribution < -0.4 is 9.80 Å². The summed E-state index contributed by atoms with van der Waals surface area (Å²) in [6.45, 7) is 13.9. The molecule has 3 nitrogen and oxygen atoms in total. The van der Waals surface area contributed by atoms with Crippen LogP contribution in [0.25, 0.3) is 137 Å². The first kappa shape index (κ1) is 60.3. The van der Waals surface area contributed by atoms with E-state index >= 15 is 0 Å². The van der Waals surface area contributed by atoms with Crippen molar-refractivity contribution in [2.45, 2.75) is 58.3 Å². The fourth-order valence-corrected chi connectivity index (χ4v) is 18.5. The molecule has 520 valence electrons. The normalized spacial score (nSPS) is 13.9. The third kappa shape index (κ3) is 11.1. The van der Waals surface area contributed by atoms with Gasteiger partial charge in [0, 0.05) is 70.4 Å². The molecule has 20 rings (SSSR count). The molecule has 0 bridgehead atoms. The fraction of sp³-hybridized carbons (Fsp3) is 0.0857. The lowest BCUT2D eigenvalue weighted by Gasteiger charge is -2.46. The molecule has 0 N–H and O–H groups in total. The highest BCUT2D eigenvalue weighted by Gasteiger charge is 2.43. The van der Waals surface area contributed by atoms with Gasteiger partial charge in [-0.25, -0.2) is 0 Å². The van der Waals surface area contributed by atoms with Gasteiger partial charge in [-0.2, -0.15) is 0 Å². The Morgan fingerprint density at radius 1 is 0.303 bits per heavy atom. The summed E-state index contributed by atoms with van der Waals surface area (Å²) in [6.07, 6.45) is 0. The summed E-state index contributed by atoms with van der Waals surface area (Å²) in [7, 11) is 0. The van der Waals surface area contributed by atoms with E-state index < -0.39 is 24.0 Å². The van der Waals surface area contributed by atoms with Crippen LogP contribution in [0, 0.1) is 0 Å². The van der Waals surface area contributed by atoms with Crippen LogP contribution >= 0.6 is 11.3 Å². The molecule has 2 aromatic heterocycles. The van der Waals surface area contributed by atoms with Crippen molar-refractivity contribution in [1.29, 1.82) is 0 Å². The summed E-state index contributed by atoms with van der Waals surface area (Å²) in [5.74, 6) is -0.500. The lowest BCUT2D eigenvalue weighted by molar-refractivity contribution is 0.591. The van der Waals surface area contributed by atoms with Crippen molar-refractivity contribution in [2.75, 3.05) is 9.80 Å². The molecule has 1 atom stereocenters. The maximum Gasteiger partial charge on any atom is 0.0629 e. The monoisotopic (exact) mass is 1420 g/mol. The van der Waals surface area contributed by atoms with Crippen molar-refractivity contribution >= 4 is 87.4 Å². The summed E-state index contributed by atoms with van der Waals surface area (Å²) < 4.78 is 53.0. The molecule has 0 spiro atoms. The number of hydrogen-bond donors (Lipinski definition) is 0. The number of para-hydroxylation sites is 1. The highest BCUT2D eigenvalue weighted by Crippen LogP contribution is 2.64. The SMILES string of the molecule is [2H]c1c([2H])c([2H])c(-c2cc3c4c(c2)N(c2c(-c5ccccc5)cccc2-c2ccccc2)c2cc(-c5ccccc5)ccc2C4c2cc(-c4c(-c5cccc6c5sc5ccccc56)cccc4-n4c5cc(C(C)(C)C)ccc5c5ccc(C(C)(C)C)cc54)ccc2N3c2cc(-c3ccccc3)cc(-c3ccccc3)c2)c([2H])c1[2H]. The molecular weight excluding hydrogens is 1340 g/mol. The second-order valence-corrected chi connectivity index (χ2v) is 32.2. The molecule has 4 heterocycles. The van der Waals surface area contributed by atoms with Crippen LogP contribution in [0.3, 0.4) is 0 Å². The molecule has 0 aliphatic carbocycles. The third-order valence-electron chi connectivity index (χ3n) is 22.5. The smallest absolute Gasteiger partial charge is 0.0629 e. The minimum atomic E-state index is -0.500. The maximum atomic E-state index is 10.0. The highest BCUT2D eigenvalue weighted by atomic mass is 32.1. The average molecular weight is 1420 g/mol. The maximum absolute atomic E-state index is 10.0. The predicted molar refractivity (Wildman–Crippen MR) is 465 cm³/mol. The Morgan fingerprint density at radius 3 is 1.39 bits per heavy atom. The van der Waals surface area contributed by atoms with Crippen molar-refractivity contribution in [2.24, 2.45) is 0 Å². The molecule has 1 unspecified atom stereocenters. The fourth-order valence-electron chi connectivity index (χ4n) is 17.3. The zero-order valence-electron chi connectivity index (χ0n) is 66.6. The van der Waals surface area contributed by atoms with E-state index in [1.54, 1.807) is 0 Å². The van der Waals surface area contributed by atoms with Crippen LogP contribution in [-0.2, 0) is 10.8 Å². The zero-order chi connectivity index (χ0) is 77.6. The molecule has 0 fully saturated rings. The van der Waals surface area contributed by atoms with Gasteiger partial charge in [-0.05, 0) is 173 Å². The Bertz CT molecular complexity index is 6720. The van der Waals surface area contributed by atoms with Gasteiger partial charge in [0.05, 0.1) is 52.0 Å². The van der Waals surface area contributed by atoms with Gasteiger partial charge in [0.15, 0.2) is 0 Å². The Morgan fingerprint density at radius 2 is 0.789 bits per heavy atom. The number of fused-ring (bicyclic) bond motifs is 10. The van der Waals surface area contributed by atoms with Crippen LogP contribution in [0.15, 0.2) is 364 Å². The molecule has 0 amide bonds. The molecule has 4 heteroatoms. The highest BCUT2D eigenvalue weighted by molar-refractivity contribution is 7.26. The average Bonchev–Trinajstić information content (AvgIpc) is 1.27. The van der Waals surface area contributed by atoms with Crippen LogP contribution in [0.5, 0.6) is 0 Å². The van der Waals surface area contributed by atoms with E-state index in [1.807, 2.05) is 11.3 Å². The zero-order valence-corrected chi connectivity index (χ0v) is 62.4. The topological polar surface area (TPSA) is 11.4 Å². The molecule has 109 heavy (non-hydrogen) atoms. The molecular formula is C105H79N3S. The first-order valence-corrected chi connectivity index (χ1v) is 38.6. The summed E-state index contributed by atoms with van der Waals surface area (Å²) in [5.41, 5.74) is 29.0. The van der Waals surface area contributed by atoms with Crippen molar-refractivity contribution in [3.05, 3.63) is 392 Å². The molecule has 16 aromatic carbocycles. The minimum Gasteiger partial charge on any atom is -0.310 e. The minimum absolute atomic E-state index is 0.108.